The lowest BCUT2D eigenvalue weighted by Gasteiger charge is -2.08. The summed E-state index contributed by atoms with van der Waals surface area (Å²) in [5, 5.41) is 3.02. The Bertz CT molecular complexity index is 651. The van der Waals surface area contributed by atoms with Crippen LogP contribution in [-0.2, 0) is 9.84 Å². The van der Waals surface area contributed by atoms with Crippen molar-refractivity contribution in [1.82, 2.24) is 4.98 Å². The Morgan fingerprint density at radius 3 is 2.39 bits per heavy atom. The predicted molar refractivity (Wildman–Crippen MR) is 71.5 cm³/mol. The van der Waals surface area contributed by atoms with Crippen molar-refractivity contribution in [2.45, 2.75) is 4.90 Å². The van der Waals surface area contributed by atoms with E-state index in [0.717, 1.165) is 5.69 Å². The first-order chi connectivity index (χ1) is 8.47. The highest BCUT2D eigenvalue weighted by atomic mass is 32.2. The van der Waals surface area contributed by atoms with Crippen LogP contribution in [0.3, 0.4) is 0 Å². The molecule has 0 fully saturated rings. The van der Waals surface area contributed by atoms with Crippen LogP contribution in [0.15, 0.2) is 47.5 Å². The van der Waals surface area contributed by atoms with E-state index >= 15 is 0 Å². The molecule has 0 saturated heterocycles. The van der Waals surface area contributed by atoms with Crippen LogP contribution in [0.5, 0.6) is 0 Å². The third-order valence-electron chi connectivity index (χ3n) is 2.38. The zero-order chi connectivity index (χ0) is 13.2. The van der Waals surface area contributed by atoms with Crippen LogP contribution < -0.4 is 11.1 Å². The highest BCUT2D eigenvalue weighted by Gasteiger charge is 2.06. The Balaban J connectivity index is 2.24. The lowest BCUT2D eigenvalue weighted by molar-refractivity contribution is 0.602. The SMILES string of the molecule is CS(=O)(=O)c1ccc(Nc2ncccc2N)cc1. The fourth-order valence-corrected chi connectivity index (χ4v) is 2.07. The first kappa shape index (κ1) is 12.4. The van der Waals surface area contributed by atoms with E-state index in [1.807, 2.05) is 0 Å². The molecule has 3 N–H and O–H groups in total. The highest BCUT2D eigenvalue weighted by Crippen LogP contribution is 2.21. The maximum atomic E-state index is 11.3. The molecule has 1 aromatic carbocycles. The molecule has 0 radical (unpaired) electrons. The van der Waals surface area contributed by atoms with Crippen LogP contribution >= 0.6 is 0 Å². The number of nitrogen functional groups attached to an aromatic ring is 1. The second kappa shape index (κ2) is 4.66. The number of hydrogen-bond donors (Lipinski definition) is 2. The molecule has 0 bridgehead atoms. The van der Waals surface area contributed by atoms with E-state index in [2.05, 4.69) is 10.3 Å². The topological polar surface area (TPSA) is 85.1 Å². The Morgan fingerprint density at radius 1 is 1.17 bits per heavy atom. The molecule has 18 heavy (non-hydrogen) atoms. The summed E-state index contributed by atoms with van der Waals surface area (Å²) >= 11 is 0. The number of aromatic nitrogens is 1. The number of sulfone groups is 1. The van der Waals surface area contributed by atoms with Gasteiger partial charge < -0.3 is 11.1 Å². The molecule has 0 aliphatic carbocycles. The third-order valence-corrected chi connectivity index (χ3v) is 3.51. The van der Waals surface area contributed by atoms with E-state index in [9.17, 15) is 8.42 Å². The van der Waals surface area contributed by atoms with Crippen LogP contribution in [0.1, 0.15) is 0 Å². The van der Waals surface area contributed by atoms with Crippen molar-refractivity contribution in [3.05, 3.63) is 42.6 Å². The molecule has 0 aliphatic rings. The fraction of sp³-hybridized carbons (Fsp3) is 0.0833. The van der Waals surface area contributed by atoms with Gasteiger partial charge in [-0.3, -0.25) is 0 Å². The van der Waals surface area contributed by atoms with Crippen molar-refractivity contribution in [2.24, 2.45) is 0 Å². The summed E-state index contributed by atoms with van der Waals surface area (Å²) < 4.78 is 22.6. The lowest BCUT2D eigenvalue weighted by Crippen LogP contribution is -2.00. The number of hydrogen-bond acceptors (Lipinski definition) is 5. The number of nitrogens with zero attached hydrogens (tertiary/aromatic N) is 1. The maximum Gasteiger partial charge on any atom is 0.175 e. The summed E-state index contributed by atoms with van der Waals surface area (Å²) in [5.41, 5.74) is 7.01. The minimum Gasteiger partial charge on any atom is -0.396 e. The van der Waals surface area contributed by atoms with E-state index in [-0.39, 0.29) is 4.90 Å². The van der Waals surface area contributed by atoms with Gasteiger partial charge in [0.2, 0.25) is 0 Å². The number of nitrogens with one attached hydrogen (secondary N) is 1. The van der Waals surface area contributed by atoms with Gasteiger partial charge in [-0.25, -0.2) is 13.4 Å². The predicted octanol–water partition coefficient (Wildman–Crippen LogP) is 1.81. The minimum absolute atomic E-state index is 0.280. The van der Waals surface area contributed by atoms with Gasteiger partial charge in [0.15, 0.2) is 15.7 Å². The van der Waals surface area contributed by atoms with Gasteiger partial charge in [-0.15, -0.1) is 0 Å². The van der Waals surface area contributed by atoms with E-state index in [4.69, 9.17) is 5.73 Å². The van der Waals surface area contributed by atoms with Crippen LogP contribution in [0, 0.1) is 0 Å². The van der Waals surface area contributed by atoms with E-state index in [1.54, 1.807) is 30.5 Å². The summed E-state index contributed by atoms with van der Waals surface area (Å²) in [7, 11) is -3.17. The second-order valence-corrected chi connectivity index (χ2v) is 5.88. The van der Waals surface area contributed by atoms with Crippen LogP contribution in [0.2, 0.25) is 0 Å². The fourth-order valence-electron chi connectivity index (χ4n) is 1.44. The second-order valence-electron chi connectivity index (χ2n) is 3.86. The molecule has 0 aliphatic heterocycles. The molecule has 5 nitrogen and oxygen atoms in total. The Labute approximate surface area is 106 Å². The van der Waals surface area contributed by atoms with Crippen molar-refractivity contribution in [3.63, 3.8) is 0 Å². The summed E-state index contributed by atoms with van der Waals surface area (Å²) in [6.07, 6.45) is 2.80. The zero-order valence-electron chi connectivity index (χ0n) is 9.79. The van der Waals surface area contributed by atoms with Gasteiger partial charge in [-0.05, 0) is 36.4 Å². The van der Waals surface area contributed by atoms with Crippen LogP contribution in [0.4, 0.5) is 17.2 Å². The molecule has 1 aromatic heterocycles. The first-order valence-electron chi connectivity index (χ1n) is 5.24. The third kappa shape index (κ3) is 2.78. The standard InChI is InChI=1S/C12H13N3O2S/c1-18(16,17)10-6-4-9(5-7-10)15-12-11(13)3-2-8-14-12/h2-8H,13H2,1H3,(H,14,15). The molecule has 2 aromatic rings. The summed E-state index contributed by atoms with van der Waals surface area (Å²) in [4.78, 5) is 4.37. The number of nitrogens with two attached hydrogens (primary N) is 1. The number of rotatable bonds is 3. The summed E-state index contributed by atoms with van der Waals surface area (Å²) in [5.74, 6) is 0.546. The Morgan fingerprint density at radius 2 is 1.83 bits per heavy atom. The van der Waals surface area contributed by atoms with E-state index < -0.39 is 9.84 Å². The van der Waals surface area contributed by atoms with E-state index in [1.165, 1.54) is 18.4 Å². The summed E-state index contributed by atoms with van der Waals surface area (Å²) in [6.45, 7) is 0. The zero-order valence-corrected chi connectivity index (χ0v) is 10.6. The lowest BCUT2D eigenvalue weighted by atomic mass is 10.3. The Hall–Kier alpha value is -2.08. The molecule has 6 heteroatoms. The minimum atomic E-state index is -3.17. The van der Waals surface area contributed by atoms with Crippen LogP contribution in [0.25, 0.3) is 0 Å². The first-order valence-corrected chi connectivity index (χ1v) is 7.13. The van der Waals surface area contributed by atoms with Crippen molar-refractivity contribution < 1.29 is 8.42 Å². The van der Waals surface area contributed by atoms with Gasteiger partial charge in [0, 0.05) is 18.1 Å². The molecule has 0 unspecified atom stereocenters. The summed E-state index contributed by atoms with van der Waals surface area (Å²) in [6, 6.07) is 9.90. The van der Waals surface area contributed by atoms with Gasteiger partial charge in [0.25, 0.3) is 0 Å². The highest BCUT2D eigenvalue weighted by molar-refractivity contribution is 7.90. The van der Waals surface area contributed by atoms with Gasteiger partial charge in [-0.1, -0.05) is 0 Å². The smallest absolute Gasteiger partial charge is 0.175 e. The molecule has 0 atom stereocenters. The normalized spacial score (nSPS) is 11.2. The average Bonchev–Trinajstić information content (AvgIpc) is 2.32. The van der Waals surface area contributed by atoms with Gasteiger partial charge in [0.05, 0.1) is 10.6 Å². The molecule has 1 heterocycles. The maximum absolute atomic E-state index is 11.3. The molecule has 0 amide bonds. The molecule has 94 valence electrons. The van der Waals surface area contributed by atoms with Crippen molar-refractivity contribution >= 4 is 27.0 Å². The number of benzene rings is 1. The average molecular weight is 263 g/mol. The Kier molecular flexibility index (Phi) is 3.20. The molecular formula is C12H13N3O2S. The van der Waals surface area contributed by atoms with Gasteiger partial charge >= 0.3 is 0 Å². The van der Waals surface area contributed by atoms with Crippen molar-refractivity contribution in [3.8, 4) is 0 Å². The van der Waals surface area contributed by atoms with Crippen molar-refractivity contribution in [1.29, 1.82) is 0 Å². The number of anilines is 3. The van der Waals surface area contributed by atoms with Crippen molar-refractivity contribution in [2.75, 3.05) is 17.3 Å². The quantitative estimate of drug-likeness (QED) is 0.882. The van der Waals surface area contributed by atoms with Gasteiger partial charge in [-0.2, -0.15) is 0 Å². The van der Waals surface area contributed by atoms with Gasteiger partial charge in [0.1, 0.15) is 0 Å². The molecule has 0 spiro atoms. The molecular weight excluding hydrogens is 250 g/mol. The van der Waals surface area contributed by atoms with Crippen LogP contribution in [-0.4, -0.2) is 19.7 Å². The molecule has 0 saturated carbocycles. The molecule has 2 rings (SSSR count). The monoisotopic (exact) mass is 263 g/mol. The number of pyridine rings is 1. The van der Waals surface area contributed by atoms with E-state index in [0.29, 0.717) is 11.5 Å². The largest absolute Gasteiger partial charge is 0.396 e.